The number of benzene rings is 1. The molecule has 1 aromatic carbocycles. The van der Waals surface area contributed by atoms with E-state index in [4.69, 9.17) is 16.3 Å². The van der Waals surface area contributed by atoms with Crippen LogP contribution in [0.15, 0.2) is 36.8 Å². The van der Waals surface area contributed by atoms with Gasteiger partial charge in [0.25, 0.3) is 0 Å². The van der Waals surface area contributed by atoms with Gasteiger partial charge in [0.1, 0.15) is 0 Å². The summed E-state index contributed by atoms with van der Waals surface area (Å²) < 4.78 is 7.10. The van der Waals surface area contributed by atoms with Crippen molar-refractivity contribution < 1.29 is 4.74 Å². The number of imidazole rings is 1. The van der Waals surface area contributed by atoms with Crippen molar-refractivity contribution in [3.63, 3.8) is 0 Å². The Morgan fingerprint density at radius 1 is 1.37 bits per heavy atom. The highest BCUT2D eigenvalue weighted by Gasteiger charge is 2.05. The van der Waals surface area contributed by atoms with Crippen molar-refractivity contribution in [3.05, 3.63) is 53.1 Å². The van der Waals surface area contributed by atoms with Gasteiger partial charge >= 0.3 is 0 Å². The number of methoxy groups -OCH3 is 1. The second kappa shape index (κ2) is 7.28. The zero-order valence-electron chi connectivity index (χ0n) is 11.0. The first-order valence-electron chi connectivity index (χ1n) is 6.23. The first kappa shape index (κ1) is 14.1. The summed E-state index contributed by atoms with van der Waals surface area (Å²) in [5, 5.41) is 4.10. The molecule has 0 bridgehead atoms. The standard InChI is InChI=1S/C14H18ClN3O/c1-19-7-6-16-8-13-9-17-11-18(13)10-12-4-2-3-5-14(12)15/h2-5,9,11,16H,6-8,10H2,1H3. The van der Waals surface area contributed by atoms with Crippen LogP contribution >= 0.6 is 11.6 Å². The molecule has 0 aliphatic rings. The van der Waals surface area contributed by atoms with Gasteiger partial charge in [-0.1, -0.05) is 29.8 Å². The van der Waals surface area contributed by atoms with Crippen molar-refractivity contribution in [2.75, 3.05) is 20.3 Å². The second-order valence-electron chi connectivity index (χ2n) is 4.27. The minimum absolute atomic E-state index is 0.707. The molecular weight excluding hydrogens is 262 g/mol. The highest BCUT2D eigenvalue weighted by atomic mass is 35.5. The molecule has 0 unspecified atom stereocenters. The van der Waals surface area contributed by atoms with Crippen LogP contribution < -0.4 is 5.32 Å². The van der Waals surface area contributed by atoms with Gasteiger partial charge in [0.05, 0.1) is 25.2 Å². The van der Waals surface area contributed by atoms with Crippen molar-refractivity contribution in [2.24, 2.45) is 0 Å². The Balaban J connectivity index is 1.98. The number of hydrogen-bond donors (Lipinski definition) is 1. The highest BCUT2D eigenvalue weighted by Crippen LogP contribution is 2.16. The van der Waals surface area contributed by atoms with Gasteiger partial charge in [0.2, 0.25) is 0 Å². The maximum absolute atomic E-state index is 6.17. The predicted molar refractivity (Wildman–Crippen MR) is 76.4 cm³/mol. The first-order valence-corrected chi connectivity index (χ1v) is 6.61. The lowest BCUT2D eigenvalue weighted by Crippen LogP contribution is -2.20. The molecule has 1 N–H and O–H groups in total. The van der Waals surface area contributed by atoms with Crippen LogP contribution in [0.4, 0.5) is 0 Å². The van der Waals surface area contributed by atoms with Gasteiger partial charge in [-0.05, 0) is 11.6 Å². The van der Waals surface area contributed by atoms with E-state index in [1.807, 2.05) is 36.8 Å². The molecule has 19 heavy (non-hydrogen) atoms. The summed E-state index contributed by atoms with van der Waals surface area (Å²) in [7, 11) is 1.70. The number of ether oxygens (including phenoxy) is 1. The summed E-state index contributed by atoms with van der Waals surface area (Å²) in [5.74, 6) is 0. The molecule has 1 aromatic heterocycles. The summed E-state index contributed by atoms with van der Waals surface area (Å²) in [5.41, 5.74) is 2.23. The molecular formula is C14H18ClN3O. The van der Waals surface area contributed by atoms with E-state index >= 15 is 0 Å². The predicted octanol–water partition coefficient (Wildman–Crippen LogP) is 2.32. The Labute approximate surface area is 118 Å². The van der Waals surface area contributed by atoms with Gasteiger partial charge in [-0.25, -0.2) is 4.98 Å². The van der Waals surface area contributed by atoms with Crippen LogP contribution in [0.1, 0.15) is 11.3 Å². The third-order valence-corrected chi connectivity index (χ3v) is 3.25. The third kappa shape index (κ3) is 4.06. The molecule has 2 aromatic rings. The van der Waals surface area contributed by atoms with Crippen LogP contribution in [-0.4, -0.2) is 29.8 Å². The lowest BCUT2D eigenvalue weighted by molar-refractivity contribution is 0.199. The highest BCUT2D eigenvalue weighted by molar-refractivity contribution is 6.31. The van der Waals surface area contributed by atoms with E-state index in [0.717, 1.165) is 35.9 Å². The van der Waals surface area contributed by atoms with E-state index in [-0.39, 0.29) is 0 Å². The molecule has 0 spiro atoms. The van der Waals surface area contributed by atoms with Crippen molar-refractivity contribution >= 4 is 11.6 Å². The van der Waals surface area contributed by atoms with E-state index < -0.39 is 0 Å². The van der Waals surface area contributed by atoms with E-state index in [1.165, 1.54) is 0 Å². The molecule has 0 aliphatic heterocycles. The largest absolute Gasteiger partial charge is 0.383 e. The fourth-order valence-corrected chi connectivity index (χ4v) is 2.03. The lowest BCUT2D eigenvalue weighted by Gasteiger charge is -2.10. The van der Waals surface area contributed by atoms with Crippen LogP contribution in [0.25, 0.3) is 0 Å². The van der Waals surface area contributed by atoms with Gasteiger partial charge in [-0.2, -0.15) is 0 Å². The number of nitrogens with one attached hydrogen (secondary N) is 1. The van der Waals surface area contributed by atoms with E-state index in [0.29, 0.717) is 6.61 Å². The molecule has 0 fully saturated rings. The summed E-state index contributed by atoms with van der Waals surface area (Å²) in [6.45, 7) is 3.04. The molecule has 102 valence electrons. The quantitative estimate of drug-likeness (QED) is 0.791. The van der Waals surface area contributed by atoms with Crippen LogP contribution in [0.3, 0.4) is 0 Å². The summed E-state index contributed by atoms with van der Waals surface area (Å²) in [4.78, 5) is 4.20. The average Bonchev–Trinajstić information content (AvgIpc) is 2.85. The second-order valence-corrected chi connectivity index (χ2v) is 4.68. The SMILES string of the molecule is COCCNCc1cncn1Cc1ccccc1Cl. The monoisotopic (exact) mass is 279 g/mol. The Bertz CT molecular complexity index is 513. The minimum Gasteiger partial charge on any atom is -0.383 e. The minimum atomic E-state index is 0.707. The van der Waals surface area contributed by atoms with Crippen molar-refractivity contribution in [2.45, 2.75) is 13.1 Å². The topological polar surface area (TPSA) is 39.1 Å². The van der Waals surface area contributed by atoms with Gasteiger partial charge in [0, 0.05) is 31.4 Å². The number of rotatable bonds is 7. The van der Waals surface area contributed by atoms with Gasteiger partial charge in [-0.15, -0.1) is 0 Å². The van der Waals surface area contributed by atoms with Crippen molar-refractivity contribution in [1.29, 1.82) is 0 Å². The molecule has 0 saturated carbocycles. The molecule has 0 radical (unpaired) electrons. The molecule has 0 atom stereocenters. The average molecular weight is 280 g/mol. The van der Waals surface area contributed by atoms with Crippen molar-refractivity contribution in [3.8, 4) is 0 Å². The van der Waals surface area contributed by atoms with Crippen molar-refractivity contribution in [1.82, 2.24) is 14.9 Å². The van der Waals surface area contributed by atoms with Crippen LogP contribution in [0.5, 0.6) is 0 Å². The van der Waals surface area contributed by atoms with E-state index in [9.17, 15) is 0 Å². The molecule has 2 rings (SSSR count). The third-order valence-electron chi connectivity index (χ3n) is 2.89. The molecule has 0 aliphatic carbocycles. The number of hydrogen-bond acceptors (Lipinski definition) is 3. The smallest absolute Gasteiger partial charge is 0.0951 e. The van der Waals surface area contributed by atoms with E-state index in [2.05, 4.69) is 14.9 Å². The Morgan fingerprint density at radius 2 is 2.21 bits per heavy atom. The fourth-order valence-electron chi connectivity index (χ4n) is 1.84. The lowest BCUT2D eigenvalue weighted by atomic mass is 10.2. The van der Waals surface area contributed by atoms with Gasteiger partial charge < -0.3 is 14.6 Å². The zero-order valence-corrected chi connectivity index (χ0v) is 11.7. The van der Waals surface area contributed by atoms with Gasteiger partial charge in [-0.3, -0.25) is 0 Å². The van der Waals surface area contributed by atoms with Crippen LogP contribution in [0, 0.1) is 0 Å². The fraction of sp³-hybridized carbons (Fsp3) is 0.357. The molecule has 0 saturated heterocycles. The summed E-state index contributed by atoms with van der Waals surface area (Å²) in [6, 6.07) is 7.87. The normalized spacial score (nSPS) is 10.8. The van der Waals surface area contributed by atoms with E-state index in [1.54, 1.807) is 7.11 Å². The number of nitrogens with zero attached hydrogens (tertiary/aromatic N) is 2. The Kier molecular flexibility index (Phi) is 5.39. The molecule has 5 heteroatoms. The zero-order chi connectivity index (χ0) is 13.5. The summed E-state index contributed by atoms with van der Waals surface area (Å²) in [6.07, 6.45) is 3.70. The molecule has 0 amide bonds. The maximum Gasteiger partial charge on any atom is 0.0951 e. The number of aromatic nitrogens is 2. The Hall–Kier alpha value is -1.36. The Morgan fingerprint density at radius 3 is 3.00 bits per heavy atom. The summed E-state index contributed by atoms with van der Waals surface area (Å²) >= 11 is 6.17. The molecule has 1 heterocycles. The molecule has 4 nitrogen and oxygen atoms in total. The van der Waals surface area contributed by atoms with Gasteiger partial charge in [0.15, 0.2) is 0 Å². The number of halogens is 1. The van der Waals surface area contributed by atoms with Crippen LogP contribution in [0.2, 0.25) is 5.02 Å². The first-order chi connectivity index (χ1) is 9.31. The van der Waals surface area contributed by atoms with Crippen LogP contribution in [-0.2, 0) is 17.8 Å². The maximum atomic E-state index is 6.17.